The lowest BCUT2D eigenvalue weighted by molar-refractivity contribution is 0.966. The van der Waals surface area contributed by atoms with E-state index in [0.29, 0.717) is 10.0 Å². The predicted octanol–water partition coefficient (Wildman–Crippen LogP) is 5.85. The Morgan fingerprint density at radius 1 is 0.875 bits per heavy atom. The fourth-order valence-electron chi connectivity index (χ4n) is 2.58. The van der Waals surface area contributed by atoms with E-state index in [-0.39, 0.29) is 0 Å². The van der Waals surface area contributed by atoms with E-state index in [0.717, 1.165) is 16.9 Å². The molecule has 0 bridgehead atoms. The number of aryl methyl sites for hydroxylation is 2. The normalized spacial score (nSPS) is 11.2. The minimum atomic E-state index is 0.571. The number of benzene rings is 2. The highest BCUT2D eigenvalue weighted by Crippen LogP contribution is 2.22. The van der Waals surface area contributed by atoms with E-state index in [4.69, 9.17) is 23.2 Å². The third-order valence-electron chi connectivity index (χ3n) is 3.69. The molecule has 0 unspecified atom stereocenters. The Balaban J connectivity index is 1.72. The molecule has 3 nitrogen and oxygen atoms in total. The molecule has 3 rings (SSSR count). The van der Waals surface area contributed by atoms with Gasteiger partial charge in [0, 0.05) is 27.1 Å². The van der Waals surface area contributed by atoms with Crippen molar-refractivity contribution >= 4 is 35.1 Å². The van der Waals surface area contributed by atoms with E-state index in [2.05, 4.69) is 53.2 Å². The van der Waals surface area contributed by atoms with Crippen LogP contribution in [-0.4, -0.2) is 10.8 Å². The number of rotatable bonds is 4. The fraction of sp³-hybridized carbons (Fsp3) is 0.105. The third-order valence-corrected chi connectivity index (χ3v) is 4.13. The molecule has 0 radical (unpaired) electrons. The van der Waals surface area contributed by atoms with Crippen LogP contribution in [0.2, 0.25) is 10.0 Å². The monoisotopic (exact) mass is 357 g/mol. The molecule has 3 aromatic rings. The minimum Gasteiger partial charge on any atom is -0.319 e. The summed E-state index contributed by atoms with van der Waals surface area (Å²) in [7, 11) is 0. The van der Waals surface area contributed by atoms with Gasteiger partial charge < -0.3 is 4.57 Å². The van der Waals surface area contributed by atoms with Crippen molar-refractivity contribution in [2.45, 2.75) is 13.8 Å². The maximum atomic E-state index is 5.96. The number of nitrogens with zero attached hydrogens (tertiary/aromatic N) is 2. The zero-order valence-electron chi connectivity index (χ0n) is 13.4. The van der Waals surface area contributed by atoms with Crippen LogP contribution in [-0.2, 0) is 0 Å². The van der Waals surface area contributed by atoms with Crippen LogP contribution in [0.25, 0.3) is 5.69 Å². The van der Waals surface area contributed by atoms with Gasteiger partial charge in [0.25, 0.3) is 0 Å². The van der Waals surface area contributed by atoms with Crippen molar-refractivity contribution in [3.63, 3.8) is 0 Å². The molecule has 0 saturated carbocycles. The van der Waals surface area contributed by atoms with Crippen LogP contribution in [0.4, 0.5) is 5.69 Å². The predicted molar refractivity (Wildman–Crippen MR) is 103 cm³/mol. The number of anilines is 1. The van der Waals surface area contributed by atoms with Crippen molar-refractivity contribution < 1.29 is 0 Å². The zero-order valence-corrected chi connectivity index (χ0v) is 14.9. The average molecular weight is 358 g/mol. The van der Waals surface area contributed by atoms with Gasteiger partial charge in [-0.15, -0.1) is 0 Å². The molecule has 0 aliphatic rings. The number of aromatic nitrogens is 1. The van der Waals surface area contributed by atoms with Gasteiger partial charge in [0.15, 0.2) is 0 Å². The van der Waals surface area contributed by atoms with Crippen LogP contribution in [0.5, 0.6) is 0 Å². The standard InChI is InChI=1S/C19H17Cl2N3/c1-13-3-4-14(2)24(13)19-7-5-15(6-8-19)12-22-23-18-10-16(20)9-17(21)11-18/h3-12,23H,1-2H3/b22-12+. The average Bonchev–Trinajstić information content (AvgIpc) is 2.86. The van der Waals surface area contributed by atoms with E-state index >= 15 is 0 Å². The van der Waals surface area contributed by atoms with Gasteiger partial charge in [-0.25, -0.2) is 0 Å². The van der Waals surface area contributed by atoms with Crippen LogP contribution in [0.15, 0.2) is 59.7 Å². The quantitative estimate of drug-likeness (QED) is 0.460. The van der Waals surface area contributed by atoms with Gasteiger partial charge >= 0.3 is 0 Å². The zero-order chi connectivity index (χ0) is 17.1. The molecule has 0 aliphatic heterocycles. The molecule has 0 atom stereocenters. The van der Waals surface area contributed by atoms with Gasteiger partial charge in [0.1, 0.15) is 0 Å². The first-order valence-electron chi connectivity index (χ1n) is 7.53. The highest BCUT2D eigenvalue weighted by Gasteiger charge is 2.03. The van der Waals surface area contributed by atoms with Crippen LogP contribution in [0, 0.1) is 13.8 Å². The van der Waals surface area contributed by atoms with Gasteiger partial charge in [0.05, 0.1) is 11.9 Å². The second-order valence-corrected chi connectivity index (χ2v) is 6.44. The lowest BCUT2D eigenvalue weighted by Crippen LogP contribution is -1.98. The molecular formula is C19H17Cl2N3. The lowest BCUT2D eigenvalue weighted by atomic mass is 10.2. The Bertz CT molecular complexity index is 840. The summed E-state index contributed by atoms with van der Waals surface area (Å²) in [6.45, 7) is 4.20. The van der Waals surface area contributed by atoms with E-state index in [1.165, 1.54) is 11.4 Å². The van der Waals surface area contributed by atoms with Crippen LogP contribution in [0.1, 0.15) is 17.0 Å². The van der Waals surface area contributed by atoms with Gasteiger partial charge in [-0.05, 0) is 61.9 Å². The van der Waals surface area contributed by atoms with Crippen LogP contribution in [0.3, 0.4) is 0 Å². The largest absolute Gasteiger partial charge is 0.319 e. The fourth-order valence-corrected chi connectivity index (χ4v) is 3.11. The Morgan fingerprint density at radius 2 is 1.46 bits per heavy atom. The molecule has 2 aromatic carbocycles. The second-order valence-electron chi connectivity index (χ2n) is 5.57. The van der Waals surface area contributed by atoms with Crippen molar-refractivity contribution in [3.8, 4) is 5.69 Å². The SMILES string of the molecule is Cc1ccc(C)n1-c1ccc(/C=N/Nc2cc(Cl)cc(Cl)c2)cc1. The lowest BCUT2D eigenvalue weighted by Gasteiger charge is -2.09. The van der Waals surface area contributed by atoms with Gasteiger partial charge in [-0.1, -0.05) is 35.3 Å². The van der Waals surface area contributed by atoms with E-state index in [9.17, 15) is 0 Å². The topological polar surface area (TPSA) is 29.3 Å². The number of hydrogen-bond acceptors (Lipinski definition) is 2. The van der Waals surface area contributed by atoms with Crippen LogP contribution >= 0.6 is 23.2 Å². The van der Waals surface area contributed by atoms with E-state index in [1.807, 2.05) is 12.1 Å². The Kier molecular flexibility index (Phi) is 4.93. The summed E-state index contributed by atoms with van der Waals surface area (Å²) in [5.74, 6) is 0. The van der Waals surface area contributed by atoms with Crippen molar-refractivity contribution in [2.24, 2.45) is 5.10 Å². The highest BCUT2D eigenvalue weighted by molar-refractivity contribution is 6.35. The van der Waals surface area contributed by atoms with Gasteiger partial charge in [-0.2, -0.15) is 5.10 Å². The molecule has 1 N–H and O–H groups in total. The summed E-state index contributed by atoms with van der Waals surface area (Å²) in [6, 6.07) is 17.7. The van der Waals surface area contributed by atoms with E-state index < -0.39 is 0 Å². The molecular weight excluding hydrogens is 341 g/mol. The van der Waals surface area contributed by atoms with Gasteiger partial charge in [0.2, 0.25) is 0 Å². The smallest absolute Gasteiger partial charge is 0.0591 e. The summed E-state index contributed by atoms with van der Waals surface area (Å²) in [5, 5.41) is 5.37. The van der Waals surface area contributed by atoms with E-state index in [1.54, 1.807) is 24.4 Å². The minimum absolute atomic E-state index is 0.571. The van der Waals surface area contributed by atoms with Crippen molar-refractivity contribution in [1.82, 2.24) is 4.57 Å². The molecule has 0 amide bonds. The first-order valence-corrected chi connectivity index (χ1v) is 8.29. The molecule has 1 heterocycles. The van der Waals surface area contributed by atoms with Gasteiger partial charge in [-0.3, -0.25) is 5.43 Å². The highest BCUT2D eigenvalue weighted by atomic mass is 35.5. The van der Waals surface area contributed by atoms with Crippen molar-refractivity contribution in [3.05, 3.63) is 81.6 Å². The Labute approximate surface area is 151 Å². The van der Waals surface area contributed by atoms with Crippen LogP contribution < -0.4 is 5.43 Å². The molecule has 24 heavy (non-hydrogen) atoms. The number of halogens is 2. The summed E-state index contributed by atoms with van der Waals surface area (Å²) in [5.41, 5.74) is 8.25. The first-order chi connectivity index (χ1) is 11.5. The molecule has 0 aliphatic carbocycles. The summed E-state index contributed by atoms with van der Waals surface area (Å²) >= 11 is 11.9. The number of hydrogen-bond donors (Lipinski definition) is 1. The maximum Gasteiger partial charge on any atom is 0.0591 e. The van der Waals surface area contributed by atoms with Crippen molar-refractivity contribution in [1.29, 1.82) is 0 Å². The molecule has 5 heteroatoms. The molecule has 0 saturated heterocycles. The Hall–Kier alpha value is -2.23. The molecule has 0 spiro atoms. The second kappa shape index (κ2) is 7.12. The third kappa shape index (κ3) is 3.81. The molecule has 122 valence electrons. The van der Waals surface area contributed by atoms with Crippen molar-refractivity contribution in [2.75, 3.05) is 5.43 Å². The number of nitrogens with one attached hydrogen (secondary N) is 1. The molecule has 1 aromatic heterocycles. The summed E-state index contributed by atoms with van der Waals surface area (Å²) in [6.07, 6.45) is 1.76. The summed E-state index contributed by atoms with van der Waals surface area (Å²) in [4.78, 5) is 0. The summed E-state index contributed by atoms with van der Waals surface area (Å²) < 4.78 is 2.22. The maximum absolute atomic E-state index is 5.96. The first kappa shape index (κ1) is 16.6. The Morgan fingerprint density at radius 3 is 2.04 bits per heavy atom. The molecule has 0 fully saturated rings. The number of hydrazone groups is 1.